The van der Waals surface area contributed by atoms with Crippen LogP contribution in [0.2, 0.25) is 0 Å². The van der Waals surface area contributed by atoms with Crippen LogP contribution in [0.5, 0.6) is 0 Å². The zero-order valence-electron chi connectivity index (χ0n) is 27.8. The molecule has 0 fully saturated rings. The molecule has 1 atom stereocenters. The van der Waals surface area contributed by atoms with Crippen molar-refractivity contribution in [2.24, 2.45) is 0 Å². The summed E-state index contributed by atoms with van der Waals surface area (Å²) in [6.07, 6.45) is 4.81. The largest absolute Gasteiger partial charge is 0.437 e. The summed E-state index contributed by atoms with van der Waals surface area (Å²) in [5.74, 6) is -0.00362. The number of ether oxygens (including phenoxy) is 1. The van der Waals surface area contributed by atoms with Gasteiger partial charge in [-0.25, -0.2) is 9.37 Å². The molecule has 2 aromatic heterocycles. The number of likely N-dealkylation sites (N-methyl/N-ethyl adjacent to an activating group) is 1. The highest BCUT2D eigenvalue weighted by Crippen LogP contribution is 2.45. The first-order valence-corrected chi connectivity index (χ1v) is 16.2. The van der Waals surface area contributed by atoms with Crippen molar-refractivity contribution in [2.75, 3.05) is 37.9 Å². The number of nitrogens with zero attached hydrogens (tertiary/aromatic N) is 3. The van der Waals surface area contributed by atoms with Crippen LogP contribution in [0, 0.1) is 17.1 Å². The van der Waals surface area contributed by atoms with E-state index in [2.05, 4.69) is 21.7 Å². The summed E-state index contributed by atoms with van der Waals surface area (Å²) in [5.41, 5.74) is 5.73. The number of amides is 1. The van der Waals surface area contributed by atoms with Gasteiger partial charge < -0.3 is 24.7 Å². The SMILES string of the molecule is CN(C)CC=CC(=O)Nc1cccc(-c2c(-c3ccccc3)oc3ncc(C#N)c(N[C@H](COCc4cccc(F)c4)c4ccccc4)c23)c1. The summed E-state index contributed by atoms with van der Waals surface area (Å²) in [6.45, 7) is 1.06. The minimum Gasteiger partial charge on any atom is -0.437 e. The number of anilines is 2. The van der Waals surface area contributed by atoms with Gasteiger partial charge in [-0.3, -0.25) is 4.79 Å². The van der Waals surface area contributed by atoms with Gasteiger partial charge in [-0.05, 0) is 55.1 Å². The van der Waals surface area contributed by atoms with Crippen LogP contribution in [0.25, 0.3) is 33.6 Å². The van der Waals surface area contributed by atoms with E-state index in [4.69, 9.17) is 9.15 Å². The van der Waals surface area contributed by atoms with E-state index in [1.807, 2.05) is 110 Å². The van der Waals surface area contributed by atoms with Crippen molar-refractivity contribution in [1.29, 1.82) is 5.26 Å². The summed E-state index contributed by atoms with van der Waals surface area (Å²) < 4.78 is 26.5. The van der Waals surface area contributed by atoms with Gasteiger partial charge in [0.05, 0.1) is 42.1 Å². The monoisotopic (exact) mass is 665 g/mol. The lowest BCUT2D eigenvalue weighted by Gasteiger charge is -2.22. The van der Waals surface area contributed by atoms with Crippen LogP contribution in [-0.2, 0) is 16.1 Å². The molecule has 6 aromatic rings. The highest BCUT2D eigenvalue weighted by molar-refractivity contribution is 6.09. The maximum atomic E-state index is 13.9. The van der Waals surface area contributed by atoms with Crippen LogP contribution < -0.4 is 10.6 Å². The molecule has 0 aliphatic heterocycles. The third kappa shape index (κ3) is 8.13. The van der Waals surface area contributed by atoms with Gasteiger partial charge in [0.25, 0.3) is 0 Å². The van der Waals surface area contributed by atoms with Crippen molar-refractivity contribution in [3.8, 4) is 28.5 Å². The van der Waals surface area contributed by atoms with Crippen LogP contribution >= 0.6 is 0 Å². The Kier molecular flexibility index (Phi) is 10.7. The third-order valence-electron chi connectivity index (χ3n) is 8.00. The molecule has 0 saturated heterocycles. The summed E-state index contributed by atoms with van der Waals surface area (Å²) in [4.78, 5) is 19.3. The molecule has 9 heteroatoms. The number of furan rings is 1. The second kappa shape index (κ2) is 15.9. The van der Waals surface area contributed by atoms with Crippen LogP contribution in [-0.4, -0.2) is 43.0 Å². The Morgan fingerprint density at radius 2 is 1.72 bits per heavy atom. The molecule has 0 bridgehead atoms. The lowest BCUT2D eigenvalue weighted by molar-refractivity contribution is -0.111. The molecule has 4 aromatic carbocycles. The molecular weight excluding hydrogens is 629 g/mol. The number of rotatable bonds is 13. The number of pyridine rings is 1. The van der Waals surface area contributed by atoms with Gasteiger partial charge in [0.15, 0.2) is 0 Å². The molecule has 6 rings (SSSR count). The molecule has 0 aliphatic carbocycles. The number of hydrogen-bond donors (Lipinski definition) is 2. The molecule has 0 spiro atoms. The smallest absolute Gasteiger partial charge is 0.248 e. The van der Waals surface area contributed by atoms with Gasteiger partial charge in [-0.1, -0.05) is 91.0 Å². The molecule has 0 aliphatic rings. The van der Waals surface area contributed by atoms with E-state index >= 15 is 0 Å². The Balaban J connectivity index is 1.44. The molecule has 8 nitrogen and oxygen atoms in total. The first-order valence-electron chi connectivity index (χ1n) is 16.2. The number of aromatic nitrogens is 1. The average Bonchev–Trinajstić information content (AvgIpc) is 3.52. The quantitative estimate of drug-likeness (QED) is 0.119. The Bertz CT molecular complexity index is 2160. The van der Waals surface area contributed by atoms with Crippen LogP contribution in [0.3, 0.4) is 0 Å². The molecule has 0 saturated carbocycles. The minimum atomic E-state index is -0.398. The van der Waals surface area contributed by atoms with Crippen molar-refractivity contribution in [2.45, 2.75) is 12.6 Å². The zero-order valence-corrected chi connectivity index (χ0v) is 27.8. The van der Waals surface area contributed by atoms with E-state index in [-0.39, 0.29) is 24.9 Å². The maximum absolute atomic E-state index is 13.9. The van der Waals surface area contributed by atoms with Gasteiger partial charge in [-0.2, -0.15) is 5.26 Å². The molecule has 1 amide bonds. The second-order valence-electron chi connectivity index (χ2n) is 12.0. The highest BCUT2D eigenvalue weighted by atomic mass is 19.1. The third-order valence-corrected chi connectivity index (χ3v) is 8.00. The lowest BCUT2D eigenvalue weighted by atomic mass is 9.96. The molecule has 0 unspecified atom stereocenters. The van der Waals surface area contributed by atoms with Crippen molar-refractivity contribution in [3.05, 3.63) is 150 Å². The number of nitrogens with one attached hydrogen (secondary N) is 2. The summed E-state index contributed by atoms with van der Waals surface area (Å²) >= 11 is 0. The number of benzene rings is 4. The van der Waals surface area contributed by atoms with Crippen molar-refractivity contribution in [3.63, 3.8) is 0 Å². The van der Waals surface area contributed by atoms with Crippen LogP contribution in [0.4, 0.5) is 15.8 Å². The molecular formula is C41H36FN5O3. The van der Waals surface area contributed by atoms with Gasteiger partial charge in [0.2, 0.25) is 11.6 Å². The topological polar surface area (TPSA) is 103 Å². The van der Waals surface area contributed by atoms with Gasteiger partial charge in [0.1, 0.15) is 17.6 Å². The number of carbonyl (C=O) groups is 1. The van der Waals surface area contributed by atoms with Crippen LogP contribution in [0.15, 0.2) is 132 Å². The zero-order chi connectivity index (χ0) is 34.9. The Morgan fingerprint density at radius 3 is 2.46 bits per heavy atom. The summed E-state index contributed by atoms with van der Waals surface area (Å²) in [5, 5.41) is 17.5. The minimum absolute atomic E-state index is 0.206. The van der Waals surface area contributed by atoms with Crippen molar-refractivity contribution >= 4 is 28.4 Å². The summed E-state index contributed by atoms with van der Waals surface area (Å²) in [6, 6.07) is 35.2. The fraction of sp³-hybridized carbons (Fsp3) is 0.146. The maximum Gasteiger partial charge on any atom is 0.248 e. The van der Waals surface area contributed by atoms with E-state index < -0.39 is 6.04 Å². The highest BCUT2D eigenvalue weighted by Gasteiger charge is 2.26. The van der Waals surface area contributed by atoms with E-state index in [1.165, 1.54) is 24.4 Å². The second-order valence-corrected chi connectivity index (χ2v) is 12.0. The molecule has 2 heterocycles. The van der Waals surface area contributed by atoms with Crippen molar-refractivity contribution < 1.29 is 18.3 Å². The number of nitriles is 1. The van der Waals surface area contributed by atoms with Gasteiger partial charge in [0, 0.05) is 29.4 Å². The first-order chi connectivity index (χ1) is 24.4. The molecule has 2 N–H and O–H groups in total. The fourth-order valence-electron chi connectivity index (χ4n) is 5.68. The number of carbonyl (C=O) groups excluding carboxylic acids is 1. The number of halogens is 1. The van der Waals surface area contributed by atoms with E-state index in [0.717, 1.165) is 16.7 Å². The van der Waals surface area contributed by atoms with Gasteiger partial charge >= 0.3 is 0 Å². The number of fused-ring (bicyclic) bond motifs is 1. The van der Waals surface area contributed by atoms with Crippen LogP contribution in [0.1, 0.15) is 22.7 Å². The van der Waals surface area contributed by atoms with Gasteiger partial charge in [-0.15, -0.1) is 0 Å². The lowest BCUT2D eigenvalue weighted by Crippen LogP contribution is -2.18. The standard InChI is InChI=1S/C41H36FN5O3/c1-47(2)21-11-20-36(48)45-34-19-10-17-31(23-34)37-38-39(32(24-43)25-44-41(38)50-40(37)30-15-7-4-8-16-30)46-35(29-13-5-3-6-14-29)27-49-26-28-12-9-18-33(42)22-28/h3-20,22-23,25,35H,21,26-27H2,1-2H3,(H,44,46)(H,45,48)/t35-/m1/s1. The summed E-state index contributed by atoms with van der Waals surface area (Å²) in [7, 11) is 3.87. The van der Waals surface area contributed by atoms with E-state index in [9.17, 15) is 14.4 Å². The van der Waals surface area contributed by atoms with E-state index in [1.54, 1.807) is 12.1 Å². The number of hydrogen-bond acceptors (Lipinski definition) is 7. The molecule has 50 heavy (non-hydrogen) atoms. The van der Waals surface area contributed by atoms with E-state index in [0.29, 0.717) is 51.5 Å². The Labute approximate surface area is 290 Å². The molecule has 0 radical (unpaired) electrons. The first kappa shape index (κ1) is 33.8. The van der Waals surface area contributed by atoms with Crippen molar-refractivity contribution in [1.82, 2.24) is 9.88 Å². The molecule has 250 valence electrons. The normalized spacial score (nSPS) is 11.9. The Morgan fingerprint density at radius 1 is 0.980 bits per heavy atom. The predicted octanol–water partition coefficient (Wildman–Crippen LogP) is 8.60. The Hall–Kier alpha value is -6.08. The fourth-order valence-corrected chi connectivity index (χ4v) is 5.68. The predicted molar refractivity (Wildman–Crippen MR) is 195 cm³/mol. The average molecular weight is 666 g/mol.